The number of rotatable bonds is 4. The molecule has 2 aliphatic heterocycles. The fourth-order valence-corrected chi connectivity index (χ4v) is 6.97. The van der Waals surface area contributed by atoms with Gasteiger partial charge in [0.05, 0.1) is 21.4 Å². The van der Waals surface area contributed by atoms with Gasteiger partial charge in [0.2, 0.25) is 5.91 Å². The first-order chi connectivity index (χ1) is 13.6. The number of β-lactam (4-membered cyclic amide) rings is 1. The molecule has 3 atom stereocenters. The van der Waals surface area contributed by atoms with E-state index in [4.69, 9.17) is 16.0 Å². The van der Waals surface area contributed by atoms with Crippen LogP contribution in [0.3, 0.4) is 0 Å². The van der Waals surface area contributed by atoms with Gasteiger partial charge in [-0.25, -0.2) is 4.79 Å². The third kappa shape index (κ3) is 2.72. The Morgan fingerprint density at radius 1 is 1.21 bits per heavy atom. The smallest absolute Gasteiger partial charge is 0.335 e. The second-order valence-electron chi connectivity index (χ2n) is 6.63. The molecule has 2 aliphatic rings. The van der Waals surface area contributed by atoms with Crippen molar-refractivity contribution in [1.29, 1.82) is 0 Å². The zero-order valence-electron chi connectivity index (χ0n) is 14.4. The number of amides is 1. The van der Waals surface area contributed by atoms with Gasteiger partial charge in [-0.15, -0.1) is 35.1 Å². The van der Waals surface area contributed by atoms with Crippen molar-refractivity contribution < 1.29 is 19.1 Å². The third-order valence-electron chi connectivity index (χ3n) is 4.99. The Labute approximate surface area is 173 Å². The number of benzene rings is 2. The summed E-state index contributed by atoms with van der Waals surface area (Å²) in [5, 5.41) is 11.6. The Morgan fingerprint density at radius 3 is 2.79 bits per heavy atom. The molecule has 1 N–H and O–H groups in total. The topological polar surface area (TPSA) is 70.8 Å². The van der Waals surface area contributed by atoms with E-state index in [1.165, 1.54) is 34.6 Å². The largest absolute Gasteiger partial charge is 0.478 e. The predicted molar refractivity (Wildman–Crippen MR) is 112 cm³/mol. The molecule has 0 spiro atoms. The molecule has 0 aliphatic carbocycles. The zero-order chi connectivity index (χ0) is 19.4. The van der Waals surface area contributed by atoms with Crippen molar-refractivity contribution in [3.8, 4) is 0 Å². The molecule has 1 saturated heterocycles. The number of furan rings is 1. The quantitative estimate of drug-likeness (QED) is 0.475. The number of para-hydroxylation sites is 1. The summed E-state index contributed by atoms with van der Waals surface area (Å²) in [4.78, 5) is 26.2. The minimum atomic E-state index is -1.02. The molecule has 8 heteroatoms. The molecule has 28 heavy (non-hydrogen) atoms. The Morgan fingerprint density at radius 2 is 2.00 bits per heavy atom. The Kier molecular flexibility index (Phi) is 4.34. The second-order valence-corrected chi connectivity index (χ2v) is 9.64. The summed E-state index contributed by atoms with van der Waals surface area (Å²) >= 11 is 8.83. The number of carbonyl (C=O) groups excluding carboxylic acids is 1. The maximum absolute atomic E-state index is 12.1. The summed E-state index contributed by atoms with van der Waals surface area (Å²) < 4.78 is 5.60. The molecular weight excluding hydrogens is 418 g/mol. The molecule has 0 saturated carbocycles. The van der Waals surface area contributed by atoms with Crippen LogP contribution in [-0.2, 0) is 9.59 Å². The molecule has 1 fully saturated rings. The van der Waals surface area contributed by atoms with Crippen LogP contribution in [0.5, 0.6) is 0 Å². The molecule has 2 aromatic carbocycles. The lowest BCUT2D eigenvalue weighted by Crippen LogP contribution is -2.59. The van der Waals surface area contributed by atoms with Crippen LogP contribution in [0.2, 0.25) is 0 Å². The lowest BCUT2D eigenvalue weighted by atomic mass is 10.0. The SMILES string of the molecule is O=C(O)C1=CN2C(=O)C(CCl)[C@H]2SC1Sc1ccc2c(c1)oc1ccccc12. The van der Waals surface area contributed by atoms with Crippen molar-refractivity contribution in [3.05, 3.63) is 54.2 Å². The second kappa shape index (κ2) is 6.76. The number of nitrogens with zero attached hydrogens (tertiary/aromatic N) is 1. The third-order valence-corrected chi connectivity index (χ3v) is 8.28. The number of halogens is 1. The molecule has 5 rings (SSSR count). The number of thioether (sulfide) groups is 2. The van der Waals surface area contributed by atoms with Crippen molar-refractivity contribution in [2.75, 3.05) is 5.88 Å². The molecule has 3 heterocycles. The first-order valence-corrected chi connectivity index (χ1v) is 11.0. The molecule has 0 radical (unpaired) electrons. The van der Waals surface area contributed by atoms with Crippen molar-refractivity contribution in [3.63, 3.8) is 0 Å². The fourth-order valence-electron chi connectivity index (χ4n) is 3.55. The summed E-state index contributed by atoms with van der Waals surface area (Å²) in [7, 11) is 0. The van der Waals surface area contributed by atoms with E-state index < -0.39 is 5.97 Å². The summed E-state index contributed by atoms with van der Waals surface area (Å²) in [6.45, 7) is 0. The van der Waals surface area contributed by atoms with Gasteiger partial charge < -0.3 is 14.4 Å². The van der Waals surface area contributed by atoms with E-state index in [0.29, 0.717) is 0 Å². The summed E-state index contributed by atoms with van der Waals surface area (Å²) in [6.07, 6.45) is 1.46. The van der Waals surface area contributed by atoms with Crippen LogP contribution in [0.25, 0.3) is 21.9 Å². The Balaban J connectivity index is 1.48. The number of hydrogen-bond donors (Lipinski definition) is 1. The highest BCUT2D eigenvalue weighted by atomic mass is 35.5. The molecular formula is C20H14ClNO4S2. The summed E-state index contributed by atoms with van der Waals surface area (Å²) in [6, 6.07) is 13.8. The van der Waals surface area contributed by atoms with E-state index in [-0.39, 0.29) is 33.2 Å². The number of carboxylic acid groups (broad SMARTS) is 1. The van der Waals surface area contributed by atoms with Gasteiger partial charge >= 0.3 is 5.97 Å². The van der Waals surface area contributed by atoms with Crippen LogP contribution >= 0.6 is 35.1 Å². The van der Waals surface area contributed by atoms with Crippen LogP contribution in [0.4, 0.5) is 0 Å². The maximum atomic E-state index is 12.1. The average Bonchev–Trinajstić information content (AvgIpc) is 3.05. The van der Waals surface area contributed by atoms with Crippen molar-refractivity contribution >= 4 is 68.9 Å². The lowest BCUT2D eigenvalue weighted by Gasteiger charge is -2.48. The predicted octanol–water partition coefficient (Wildman–Crippen LogP) is 4.74. The van der Waals surface area contributed by atoms with Crippen molar-refractivity contribution in [2.24, 2.45) is 5.92 Å². The number of fused-ring (bicyclic) bond motifs is 4. The normalized spacial score (nSPS) is 24.2. The summed E-state index contributed by atoms with van der Waals surface area (Å²) in [5.41, 5.74) is 1.80. The highest BCUT2D eigenvalue weighted by molar-refractivity contribution is 8.17. The molecule has 1 amide bonds. The summed E-state index contributed by atoms with van der Waals surface area (Å²) in [5.74, 6) is -1.15. The molecule has 1 aromatic heterocycles. The van der Waals surface area contributed by atoms with E-state index in [0.717, 1.165) is 26.8 Å². The van der Waals surface area contributed by atoms with E-state index in [9.17, 15) is 14.7 Å². The maximum Gasteiger partial charge on any atom is 0.335 e. The van der Waals surface area contributed by atoms with E-state index >= 15 is 0 Å². The van der Waals surface area contributed by atoms with Crippen molar-refractivity contribution in [1.82, 2.24) is 4.90 Å². The Hall–Kier alpha value is -2.09. The van der Waals surface area contributed by atoms with Crippen LogP contribution < -0.4 is 0 Å². The van der Waals surface area contributed by atoms with Crippen LogP contribution in [0.1, 0.15) is 0 Å². The van der Waals surface area contributed by atoms with Gasteiger partial charge in [0.25, 0.3) is 0 Å². The first-order valence-electron chi connectivity index (χ1n) is 8.63. The van der Waals surface area contributed by atoms with Crippen LogP contribution in [-0.4, -0.2) is 37.7 Å². The van der Waals surface area contributed by atoms with Gasteiger partial charge in [-0.2, -0.15) is 0 Å². The molecule has 2 unspecified atom stereocenters. The Bertz CT molecular complexity index is 1160. The number of carboxylic acids is 1. The molecule has 5 nitrogen and oxygen atoms in total. The lowest BCUT2D eigenvalue weighted by molar-refractivity contribution is -0.144. The first kappa shape index (κ1) is 18.0. The van der Waals surface area contributed by atoms with Gasteiger partial charge in [0.1, 0.15) is 11.2 Å². The number of hydrogen-bond acceptors (Lipinski definition) is 5. The number of alkyl halides is 1. The fraction of sp³-hybridized carbons (Fsp3) is 0.200. The van der Waals surface area contributed by atoms with E-state index in [1.54, 1.807) is 0 Å². The molecule has 142 valence electrons. The average molecular weight is 432 g/mol. The van der Waals surface area contributed by atoms with E-state index in [1.807, 2.05) is 42.5 Å². The molecule has 3 aromatic rings. The highest BCUT2D eigenvalue weighted by Gasteiger charge is 2.51. The number of aliphatic carboxylic acids is 1. The van der Waals surface area contributed by atoms with Crippen molar-refractivity contribution in [2.45, 2.75) is 14.9 Å². The minimum Gasteiger partial charge on any atom is -0.478 e. The highest BCUT2D eigenvalue weighted by Crippen LogP contribution is 2.49. The monoisotopic (exact) mass is 431 g/mol. The minimum absolute atomic E-state index is 0.111. The van der Waals surface area contributed by atoms with E-state index in [2.05, 4.69) is 0 Å². The molecule has 0 bridgehead atoms. The van der Waals surface area contributed by atoms with Gasteiger partial charge in [0, 0.05) is 27.7 Å². The van der Waals surface area contributed by atoms with Gasteiger partial charge in [0.15, 0.2) is 0 Å². The standard InChI is InChI=1S/C20H14ClNO4S2/c21-8-13-17(23)22-9-14(19(24)25)20(28-18(13)22)27-10-5-6-12-11-3-1-2-4-15(11)26-16(12)7-10/h1-7,9,13,18,20H,8H2,(H,24,25)/t13?,18-,20?/m1/s1. The van der Waals surface area contributed by atoms with Gasteiger partial charge in [-0.05, 0) is 24.3 Å². The van der Waals surface area contributed by atoms with Gasteiger partial charge in [-0.3, -0.25) is 4.79 Å². The van der Waals surface area contributed by atoms with Crippen LogP contribution in [0, 0.1) is 5.92 Å². The number of carbonyl (C=O) groups is 2. The zero-order valence-corrected chi connectivity index (χ0v) is 16.8. The van der Waals surface area contributed by atoms with Gasteiger partial charge in [-0.1, -0.05) is 18.2 Å². The van der Waals surface area contributed by atoms with Crippen LogP contribution in [0.15, 0.2) is 63.6 Å².